The first-order chi connectivity index (χ1) is 14.0. The Morgan fingerprint density at radius 3 is 2.41 bits per heavy atom. The maximum atomic E-state index is 12.3. The Hall–Kier alpha value is -2.72. The Morgan fingerprint density at radius 1 is 1.00 bits per heavy atom. The molecule has 0 bridgehead atoms. The number of benzene rings is 3. The lowest BCUT2D eigenvalue weighted by molar-refractivity contribution is -0.118. The normalized spacial score (nSPS) is 10.8. The summed E-state index contributed by atoms with van der Waals surface area (Å²) in [6, 6.07) is 24.4. The largest absolute Gasteiger partial charge is 0.483 e. The fourth-order valence-corrected chi connectivity index (χ4v) is 3.83. The molecule has 0 aliphatic carbocycles. The van der Waals surface area contributed by atoms with Gasteiger partial charge < -0.3 is 10.1 Å². The number of nitrogens with one attached hydrogen (secondary N) is 1. The Labute approximate surface area is 177 Å². The van der Waals surface area contributed by atoms with E-state index in [0.29, 0.717) is 5.92 Å². The second kappa shape index (κ2) is 10.2. The highest BCUT2D eigenvalue weighted by atomic mass is 32.2. The molecule has 4 heteroatoms. The molecule has 3 rings (SSSR count). The van der Waals surface area contributed by atoms with Crippen LogP contribution < -0.4 is 10.1 Å². The summed E-state index contributed by atoms with van der Waals surface area (Å²) in [5.41, 5.74) is 4.23. The van der Waals surface area contributed by atoms with Gasteiger partial charge in [-0.25, -0.2) is 0 Å². The van der Waals surface area contributed by atoms with E-state index in [4.69, 9.17) is 4.74 Å². The second-order valence-electron chi connectivity index (χ2n) is 7.33. The fraction of sp³-hybridized carbons (Fsp3) is 0.240. The summed E-state index contributed by atoms with van der Waals surface area (Å²) in [6.07, 6.45) is 0. The minimum atomic E-state index is -0.160. The van der Waals surface area contributed by atoms with E-state index in [0.717, 1.165) is 28.3 Å². The van der Waals surface area contributed by atoms with Gasteiger partial charge in [0.1, 0.15) is 5.75 Å². The molecule has 0 aliphatic rings. The predicted octanol–water partition coefficient (Wildman–Crippen LogP) is 6.43. The molecular formula is C25H27NO2S. The summed E-state index contributed by atoms with van der Waals surface area (Å²) in [5, 5.41) is 2.91. The van der Waals surface area contributed by atoms with E-state index in [-0.39, 0.29) is 12.5 Å². The molecule has 29 heavy (non-hydrogen) atoms. The highest BCUT2D eigenvalue weighted by molar-refractivity contribution is 7.98. The van der Waals surface area contributed by atoms with Crippen molar-refractivity contribution < 1.29 is 9.53 Å². The number of carbonyl (C=O) groups is 1. The molecule has 1 N–H and O–H groups in total. The van der Waals surface area contributed by atoms with Crippen molar-refractivity contribution in [1.29, 1.82) is 0 Å². The van der Waals surface area contributed by atoms with Gasteiger partial charge in [0, 0.05) is 16.3 Å². The number of thioether (sulfide) groups is 1. The van der Waals surface area contributed by atoms with Crippen molar-refractivity contribution in [1.82, 2.24) is 0 Å². The summed E-state index contributed by atoms with van der Waals surface area (Å²) in [6.45, 7) is 6.26. The molecule has 0 aliphatic heterocycles. The molecule has 0 fully saturated rings. The Bertz CT molecular complexity index is 937. The zero-order valence-electron chi connectivity index (χ0n) is 17.1. The van der Waals surface area contributed by atoms with Crippen LogP contribution in [0.15, 0.2) is 77.7 Å². The number of carbonyl (C=O) groups excluding carboxylic acids is 1. The van der Waals surface area contributed by atoms with Gasteiger partial charge in [0.05, 0.1) is 0 Å². The third kappa shape index (κ3) is 6.40. The number of anilines is 1. The van der Waals surface area contributed by atoms with Gasteiger partial charge in [-0.05, 0) is 59.9 Å². The summed E-state index contributed by atoms with van der Waals surface area (Å²) in [5.74, 6) is 1.86. The number of aryl methyl sites for hydroxylation is 1. The Kier molecular flexibility index (Phi) is 7.36. The summed E-state index contributed by atoms with van der Waals surface area (Å²) >= 11 is 1.80. The minimum Gasteiger partial charge on any atom is -0.483 e. The molecule has 0 unspecified atom stereocenters. The first kappa shape index (κ1) is 21.0. The third-order valence-corrected chi connectivity index (χ3v) is 5.62. The quantitative estimate of drug-likeness (QED) is 0.439. The zero-order chi connectivity index (χ0) is 20.6. The number of hydrogen-bond donors (Lipinski definition) is 1. The van der Waals surface area contributed by atoms with Crippen LogP contribution >= 0.6 is 11.8 Å². The number of hydrogen-bond acceptors (Lipinski definition) is 3. The standard InChI is InChI=1S/C25H27NO2S/c1-18(2)23-14-9-19(3)15-24(23)28-16-25(27)26-21-12-10-20(11-13-21)17-29-22-7-5-4-6-8-22/h4-15,18H,16-17H2,1-3H3,(H,26,27). The van der Waals surface area contributed by atoms with E-state index in [1.165, 1.54) is 10.5 Å². The molecule has 0 radical (unpaired) electrons. The smallest absolute Gasteiger partial charge is 0.262 e. The Morgan fingerprint density at radius 2 is 1.72 bits per heavy atom. The number of amides is 1. The van der Waals surface area contributed by atoms with E-state index in [1.54, 1.807) is 11.8 Å². The van der Waals surface area contributed by atoms with Crippen LogP contribution in [0.3, 0.4) is 0 Å². The maximum absolute atomic E-state index is 12.3. The van der Waals surface area contributed by atoms with E-state index in [1.807, 2.05) is 55.5 Å². The highest BCUT2D eigenvalue weighted by Crippen LogP contribution is 2.27. The molecule has 3 aromatic carbocycles. The molecule has 0 saturated heterocycles. The van der Waals surface area contributed by atoms with Gasteiger partial charge >= 0.3 is 0 Å². The van der Waals surface area contributed by atoms with Gasteiger partial charge in [-0.2, -0.15) is 0 Å². The fourth-order valence-electron chi connectivity index (χ4n) is 2.95. The lowest BCUT2D eigenvalue weighted by atomic mass is 10.0. The van der Waals surface area contributed by atoms with Crippen molar-refractivity contribution in [2.45, 2.75) is 37.3 Å². The van der Waals surface area contributed by atoms with Crippen LogP contribution in [0.4, 0.5) is 5.69 Å². The lowest BCUT2D eigenvalue weighted by Gasteiger charge is -2.15. The first-order valence-electron chi connectivity index (χ1n) is 9.81. The van der Waals surface area contributed by atoms with Gasteiger partial charge in [-0.15, -0.1) is 11.8 Å². The van der Waals surface area contributed by atoms with E-state index in [9.17, 15) is 4.79 Å². The van der Waals surface area contributed by atoms with Crippen molar-refractivity contribution in [2.24, 2.45) is 0 Å². The minimum absolute atomic E-state index is 0.00517. The van der Waals surface area contributed by atoms with Crippen LogP contribution in [0.25, 0.3) is 0 Å². The van der Waals surface area contributed by atoms with Crippen molar-refractivity contribution >= 4 is 23.4 Å². The molecule has 3 aromatic rings. The van der Waals surface area contributed by atoms with Crippen molar-refractivity contribution in [3.05, 3.63) is 89.5 Å². The van der Waals surface area contributed by atoms with Crippen molar-refractivity contribution in [3.63, 3.8) is 0 Å². The first-order valence-corrected chi connectivity index (χ1v) is 10.8. The van der Waals surface area contributed by atoms with Gasteiger partial charge in [0.25, 0.3) is 5.91 Å². The van der Waals surface area contributed by atoms with E-state index >= 15 is 0 Å². The van der Waals surface area contributed by atoms with E-state index < -0.39 is 0 Å². The van der Waals surface area contributed by atoms with Crippen LogP contribution in [0, 0.1) is 6.92 Å². The molecular weight excluding hydrogens is 378 g/mol. The summed E-state index contributed by atoms with van der Waals surface area (Å²) in [7, 11) is 0. The van der Waals surface area contributed by atoms with Gasteiger partial charge in [0.2, 0.25) is 0 Å². The predicted molar refractivity (Wildman–Crippen MR) is 122 cm³/mol. The average Bonchev–Trinajstić information content (AvgIpc) is 2.72. The van der Waals surface area contributed by atoms with E-state index in [2.05, 4.69) is 43.4 Å². The zero-order valence-corrected chi connectivity index (χ0v) is 18.0. The van der Waals surface area contributed by atoms with Crippen molar-refractivity contribution in [3.8, 4) is 5.75 Å². The monoisotopic (exact) mass is 405 g/mol. The summed E-state index contributed by atoms with van der Waals surface area (Å²) in [4.78, 5) is 13.6. The molecule has 150 valence electrons. The van der Waals surface area contributed by atoms with Gasteiger partial charge in [0.15, 0.2) is 6.61 Å². The number of rotatable bonds is 8. The van der Waals surface area contributed by atoms with Crippen LogP contribution in [-0.4, -0.2) is 12.5 Å². The van der Waals surface area contributed by atoms with Crippen molar-refractivity contribution in [2.75, 3.05) is 11.9 Å². The lowest BCUT2D eigenvalue weighted by Crippen LogP contribution is -2.20. The molecule has 0 heterocycles. The Balaban J connectivity index is 1.51. The molecule has 0 saturated carbocycles. The highest BCUT2D eigenvalue weighted by Gasteiger charge is 2.10. The van der Waals surface area contributed by atoms with Crippen LogP contribution in [0.1, 0.15) is 36.5 Å². The molecule has 3 nitrogen and oxygen atoms in total. The second-order valence-corrected chi connectivity index (χ2v) is 8.38. The molecule has 0 aromatic heterocycles. The molecule has 1 amide bonds. The molecule has 0 atom stereocenters. The van der Waals surface area contributed by atoms with Gasteiger partial charge in [-0.3, -0.25) is 4.79 Å². The molecule has 0 spiro atoms. The topological polar surface area (TPSA) is 38.3 Å². The average molecular weight is 406 g/mol. The van der Waals surface area contributed by atoms with Crippen LogP contribution in [-0.2, 0) is 10.5 Å². The maximum Gasteiger partial charge on any atom is 0.262 e. The number of ether oxygens (including phenoxy) is 1. The van der Waals surface area contributed by atoms with Crippen LogP contribution in [0.2, 0.25) is 0 Å². The SMILES string of the molecule is Cc1ccc(C(C)C)c(OCC(=O)Nc2ccc(CSc3ccccc3)cc2)c1. The third-order valence-electron chi connectivity index (χ3n) is 4.54. The van der Waals surface area contributed by atoms with Gasteiger partial charge in [-0.1, -0.05) is 56.3 Å². The van der Waals surface area contributed by atoms with Crippen LogP contribution in [0.5, 0.6) is 5.75 Å². The summed E-state index contributed by atoms with van der Waals surface area (Å²) < 4.78 is 5.81.